The van der Waals surface area contributed by atoms with Crippen molar-refractivity contribution in [3.05, 3.63) is 94.5 Å². The molecule has 3 aromatic rings. The molecule has 3 aromatic carbocycles. The second-order valence-electron chi connectivity index (χ2n) is 7.24. The number of anilines is 1. The second-order valence-corrected chi connectivity index (χ2v) is 7.24. The summed E-state index contributed by atoms with van der Waals surface area (Å²) in [5.41, 5.74) is 2.52. The van der Waals surface area contributed by atoms with Crippen LogP contribution in [0.1, 0.15) is 42.2 Å². The lowest BCUT2D eigenvalue weighted by atomic mass is 10.1. The summed E-state index contributed by atoms with van der Waals surface area (Å²) >= 11 is 0. The Labute approximate surface area is 197 Å². The van der Waals surface area contributed by atoms with Crippen LogP contribution < -0.4 is 10.1 Å². The number of esters is 2. The molecule has 8 nitrogen and oxygen atoms in total. The number of ether oxygens (including phenoxy) is 4. The topological polar surface area (TPSA) is 100 Å². The van der Waals surface area contributed by atoms with Gasteiger partial charge in [0, 0.05) is 16.8 Å². The van der Waals surface area contributed by atoms with Crippen LogP contribution in [0.15, 0.2) is 66.7 Å². The van der Waals surface area contributed by atoms with Crippen LogP contribution in [0.3, 0.4) is 0 Å². The normalized spacial score (nSPS) is 10.3. The highest BCUT2D eigenvalue weighted by atomic mass is 16.5. The minimum atomic E-state index is -0.649. The van der Waals surface area contributed by atoms with Gasteiger partial charge >= 0.3 is 11.9 Å². The molecule has 0 aliphatic carbocycles. The number of methoxy groups -OCH3 is 3. The molecule has 0 aliphatic heterocycles. The molecule has 0 saturated carbocycles. The van der Waals surface area contributed by atoms with Gasteiger partial charge in [-0.25, -0.2) is 9.59 Å². The Balaban J connectivity index is 1.79. The smallest absolute Gasteiger partial charge is 0.337 e. The Hall–Kier alpha value is -4.17. The standard InChI is InChI=1S/C26H25NO7/c1-31-23-10-9-18(11-21(23)16-34-15-17-7-5-4-6-8-17)24(28)27-22-13-19(25(29)32-2)12-20(14-22)26(30)33-3/h4-14H,15-16H2,1-3H3,(H,27,28). The number of carbonyl (C=O) groups is 3. The van der Waals surface area contributed by atoms with Gasteiger partial charge in [0.1, 0.15) is 5.75 Å². The molecule has 0 saturated heterocycles. The van der Waals surface area contributed by atoms with Crippen molar-refractivity contribution in [3.63, 3.8) is 0 Å². The third-order valence-corrected chi connectivity index (χ3v) is 4.94. The van der Waals surface area contributed by atoms with E-state index in [1.165, 1.54) is 32.4 Å². The second kappa shape index (κ2) is 11.6. The summed E-state index contributed by atoms with van der Waals surface area (Å²) in [6.07, 6.45) is 0. The summed E-state index contributed by atoms with van der Waals surface area (Å²) in [6, 6.07) is 18.9. The Morgan fingerprint density at radius 2 is 1.38 bits per heavy atom. The van der Waals surface area contributed by atoms with Gasteiger partial charge in [-0.3, -0.25) is 4.79 Å². The van der Waals surface area contributed by atoms with Crippen LogP contribution in [0, 0.1) is 0 Å². The molecule has 8 heteroatoms. The predicted molar refractivity (Wildman–Crippen MR) is 125 cm³/mol. The van der Waals surface area contributed by atoms with Crippen molar-refractivity contribution in [2.75, 3.05) is 26.6 Å². The van der Waals surface area contributed by atoms with Crippen LogP contribution in [0.25, 0.3) is 0 Å². The van der Waals surface area contributed by atoms with Gasteiger partial charge in [-0.2, -0.15) is 0 Å². The third kappa shape index (κ3) is 6.20. The molecule has 34 heavy (non-hydrogen) atoms. The molecular weight excluding hydrogens is 438 g/mol. The van der Waals surface area contributed by atoms with E-state index in [1.54, 1.807) is 25.3 Å². The van der Waals surface area contributed by atoms with Crippen LogP contribution in [0.2, 0.25) is 0 Å². The fourth-order valence-electron chi connectivity index (χ4n) is 3.26. The van der Waals surface area contributed by atoms with Gasteiger partial charge in [0.2, 0.25) is 0 Å². The van der Waals surface area contributed by atoms with Gasteiger partial charge in [-0.1, -0.05) is 30.3 Å². The average Bonchev–Trinajstić information content (AvgIpc) is 2.88. The predicted octanol–water partition coefficient (Wildman–Crippen LogP) is 4.24. The summed E-state index contributed by atoms with van der Waals surface area (Å²) in [5.74, 6) is -1.15. The lowest BCUT2D eigenvalue weighted by Crippen LogP contribution is -2.15. The number of hydrogen-bond donors (Lipinski definition) is 1. The molecule has 1 amide bonds. The van der Waals surface area contributed by atoms with Gasteiger partial charge in [0.25, 0.3) is 5.91 Å². The van der Waals surface area contributed by atoms with Crippen LogP contribution in [0.5, 0.6) is 5.75 Å². The van der Waals surface area contributed by atoms with Crippen LogP contribution in [0.4, 0.5) is 5.69 Å². The highest BCUT2D eigenvalue weighted by Gasteiger charge is 2.16. The summed E-state index contributed by atoms with van der Waals surface area (Å²) in [5, 5.41) is 2.71. The van der Waals surface area contributed by atoms with Crippen LogP contribution >= 0.6 is 0 Å². The van der Waals surface area contributed by atoms with Gasteiger partial charge in [-0.05, 0) is 42.0 Å². The highest BCUT2D eigenvalue weighted by Crippen LogP contribution is 2.23. The fourth-order valence-corrected chi connectivity index (χ4v) is 3.26. The van der Waals surface area contributed by atoms with Crippen LogP contribution in [-0.2, 0) is 27.4 Å². The molecule has 0 spiro atoms. The summed E-state index contributed by atoms with van der Waals surface area (Å²) < 4.78 is 20.6. The highest BCUT2D eigenvalue weighted by molar-refractivity contribution is 6.06. The third-order valence-electron chi connectivity index (χ3n) is 4.94. The number of carbonyl (C=O) groups excluding carboxylic acids is 3. The average molecular weight is 463 g/mol. The molecule has 0 atom stereocenters. The Kier molecular flexibility index (Phi) is 8.37. The summed E-state index contributed by atoms with van der Waals surface area (Å²) in [6.45, 7) is 0.653. The van der Waals surface area contributed by atoms with Crippen molar-refractivity contribution < 1.29 is 33.3 Å². The van der Waals surface area contributed by atoms with Crippen molar-refractivity contribution in [3.8, 4) is 5.75 Å². The van der Waals surface area contributed by atoms with Crippen molar-refractivity contribution >= 4 is 23.5 Å². The first-order valence-corrected chi connectivity index (χ1v) is 10.4. The first-order chi connectivity index (χ1) is 16.4. The van der Waals surface area contributed by atoms with E-state index in [2.05, 4.69) is 5.32 Å². The van der Waals surface area contributed by atoms with Gasteiger partial charge in [0.05, 0.1) is 45.7 Å². The van der Waals surface area contributed by atoms with E-state index in [0.717, 1.165) is 5.56 Å². The number of rotatable bonds is 9. The van der Waals surface area contributed by atoms with Gasteiger partial charge in [-0.15, -0.1) is 0 Å². The summed E-state index contributed by atoms with van der Waals surface area (Å²) in [4.78, 5) is 36.9. The van der Waals surface area contributed by atoms with Crippen molar-refractivity contribution in [2.24, 2.45) is 0 Å². The van der Waals surface area contributed by atoms with Gasteiger partial charge in [0.15, 0.2) is 0 Å². The van der Waals surface area contributed by atoms with Crippen molar-refractivity contribution in [1.82, 2.24) is 0 Å². The van der Waals surface area contributed by atoms with E-state index >= 15 is 0 Å². The zero-order chi connectivity index (χ0) is 24.5. The van der Waals surface area contributed by atoms with E-state index in [1.807, 2.05) is 30.3 Å². The molecule has 0 fully saturated rings. The maximum Gasteiger partial charge on any atom is 0.337 e. The number of benzene rings is 3. The molecule has 0 aromatic heterocycles. The Morgan fingerprint density at radius 1 is 0.735 bits per heavy atom. The Morgan fingerprint density at radius 3 is 1.97 bits per heavy atom. The van der Waals surface area contributed by atoms with Crippen molar-refractivity contribution in [2.45, 2.75) is 13.2 Å². The van der Waals surface area contributed by atoms with E-state index < -0.39 is 17.8 Å². The number of hydrogen-bond acceptors (Lipinski definition) is 7. The maximum absolute atomic E-state index is 12.9. The lowest BCUT2D eigenvalue weighted by molar-refractivity contribution is 0.0599. The molecular formula is C26H25NO7. The molecule has 0 aliphatic rings. The maximum atomic E-state index is 12.9. The van der Waals surface area contributed by atoms with E-state index in [-0.39, 0.29) is 23.4 Å². The summed E-state index contributed by atoms with van der Waals surface area (Å²) in [7, 11) is 4.00. The van der Waals surface area contributed by atoms with Crippen molar-refractivity contribution in [1.29, 1.82) is 0 Å². The molecule has 0 bridgehead atoms. The van der Waals surface area contributed by atoms with E-state index in [0.29, 0.717) is 23.5 Å². The quantitative estimate of drug-likeness (QED) is 0.474. The SMILES string of the molecule is COC(=O)c1cc(NC(=O)c2ccc(OC)c(COCc3ccccc3)c2)cc(C(=O)OC)c1. The first-order valence-electron chi connectivity index (χ1n) is 10.4. The zero-order valence-corrected chi connectivity index (χ0v) is 19.1. The van der Waals surface area contributed by atoms with E-state index in [4.69, 9.17) is 18.9 Å². The molecule has 1 N–H and O–H groups in total. The molecule has 0 heterocycles. The van der Waals surface area contributed by atoms with E-state index in [9.17, 15) is 14.4 Å². The molecule has 176 valence electrons. The first kappa shape index (κ1) is 24.5. The Bertz CT molecular complexity index is 1140. The van der Waals surface area contributed by atoms with Crippen LogP contribution in [-0.4, -0.2) is 39.2 Å². The molecule has 0 radical (unpaired) electrons. The minimum Gasteiger partial charge on any atom is -0.496 e. The zero-order valence-electron chi connectivity index (χ0n) is 19.1. The lowest BCUT2D eigenvalue weighted by Gasteiger charge is -2.13. The molecule has 3 rings (SSSR count). The molecule has 0 unspecified atom stereocenters. The number of nitrogens with one attached hydrogen (secondary N) is 1. The minimum absolute atomic E-state index is 0.102. The largest absolute Gasteiger partial charge is 0.496 e. The number of amides is 1. The fraction of sp³-hybridized carbons (Fsp3) is 0.192. The monoisotopic (exact) mass is 463 g/mol. The van der Waals surface area contributed by atoms with Gasteiger partial charge < -0.3 is 24.3 Å².